The van der Waals surface area contributed by atoms with E-state index in [4.69, 9.17) is 9.26 Å². The Labute approximate surface area is 205 Å². The van der Waals surface area contributed by atoms with Gasteiger partial charge < -0.3 is 14.2 Å². The van der Waals surface area contributed by atoms with Crippen LogP contribution < -0.4 is 10.1 Å². The van der Waals surface area contributed by atoms with Gasteiger partial charge in [0.15, 0.2) is 0 Å². The van der Waals surface area contributed by atoms with Crippen molar-refractivity contribution < 1.29 is 28.4 Å². The molecule has 5 rings (SSSR count). The lowest BCUT2D eigenvalue weighted by atomic mass is 10.0. The Hall–Kier alpha value is -4.80. The van der Waals surface area contributed by atoms with Crippen LogP contribution in [0.2, 0.25) is 0 Å². The molecular weight excluding hydrogens is 466 g/mol. The van der Waals surface area contributed by atoms with Gasteiger partial charge in [0.2, 0.25) is 23.5 Å². The first-order chi connectivity index (χ1) is 17.4. The van der Waals surface area contributed by atoms with E-state index in [1.807, 2.05) is 48.5 Å². The predicted molar refractivity (Wildman–Crippen MR) is 124 cm³/mol. The molecule has 1 N–H and O–H groups in total. The number of rotatable bonds is 7. The van der Waals surface area contributed by atoms with E-state index in [2.05, 4.69) is 15.5 Å². The van der Waals surface area contributed by atoms with Gasteiger partial charge in [-0.2, -0.15) is 4.98 Å². The van der Waals surface area contributed by atoms with Crippen LogP contribution in [-0.2, 0) is 25.7 Å². The molecule has 4 amide bonds. The van der Waals surface area contributed by atoms with Crippen molar-refractivity contribution in [1.82, 2.24) is 25.3 Å². The maximum Gasteiger partial charge on any atom is 0.277 e. The average molecular weight is 487 g/mol. The summed E-state index contributed by atoms with van der Waals surface area (Å²) in [5.74, 6) is -0.459. The highest BCUT2D eigenvalue weighted by atomic mass is 16.5. The van der Waals surface area contributed by atoms with Crippen molar-refractivity contribution in [3.05, 3.63) is 72.3 Å². The van der Waals surface area contributed by atoms with Crippen LogP contribution in [0.3, 0.4) is 0 Å². The number of hydrogen-bond acceptors (Lipinski definition) is 9. The van der Waals surface area contributed by atoms with E-state index in [9.17, 15) is 19.2 Å². The Balaban J connectivity index is 1.26. The van der Waals surface area contributed by atoms with Crippen LogP contribution in [0.25, 0.3) is 11.4 Å². The highest BCUT2D eigenvalue weighted by molar-refractivity contribution is 6.18. The highest BCUT2D eigenvalue weighted by Gasteiger charge is 2.43. The van der Waals surface area contributed by atoms with Crippen molar-refractivity contribution in [2.24, 2.45) is 0 Å². The average Bonchev–Trinajstić information content (AvgIpc) is 3.44. The van der Waals surface area contributed by atoms with Gasteiger partial charge in [-0.1, -0.05) is 35.5 Å². The largest absolute Gasteiger partial charge is 0.457 e. The van der Waals surface area contributed by atoms with E-state index in [0.29, 0.717) is 22.9 Å². The van der Waals surface area contributed by atoms with Gasteiger partial charge in [-0.25, -0.2) is 0 Å². The number of para-hydroxylation sites is 1. The molecule has 0 saturated carbocycles. The number of benzene rings is 2. The molecule has 1 aromatic heterocycles. The fourth-order valence-electron chi connectivity index (χ4n) is 4.02. The van der Waals surface area contributed by atoms with Gasteiger partial charge in [0, 0.05) is 25.1 Å². The van der Waals surface area contributed by atoms with Crippen molar-refractivity contribution in [1.29, 1.82) is 0 Å². The van der Waals surface area contributed by atoms with E-state index in [1.165, 1.54) is 4.90 Å². The quantitative estimate of drug-likeness (QED) is 0.497. The zero-order valence-corrected chi connectivity index (χ0v) is 19.2. The summed E-state index contributed by atoms with van der Waals surface area (Å²) in [5, 5.41) is 6.18. The van der Waals surface area contributed by atoms with Crippen LogP contribution in [0.15, 0.2) is 70.9 Å². The SMILES string of the molecule is CN(Cc1nc(-c2cccc(Oc3ccccc3)c2)no1)C1=CC(=O)N(C2CCC(=O)NC2=O)C1=O. The summed E-state index contributed by atoms with van der Waals surface area (Å²) >= 11 is 0. The van der Waals surface area contributed by atoms with Crippen LogP contribution in [0.4, 0.5) is 0 Å². The third kappa shape index (κ3) is 4.58. The smallest absolute Gasteiger partial charge is 0.277 e. The first kappa shape index (κ1) is 23.0. The normalized spacial score (nSPS) is 17.8. The van der Waals surface area contributed by atoms with Gasteiger partial charge in [0.05, 0.1) is 6.54 Å². The number of carbonyl (C=O) groups excluding carboxylic acids is 4. The Bertz CT molecular complexity index is 1380. The Morgan fingerprint density at radius 2 is 1.86 bits per heavy atom. The minimum Gasteiger partial charge on any atom is -0.457 e. The van der Waals surface area contributed by atoms with Gasteiger partial charge in [-0.05, 0) is 30.7 Å². The van der Waals surface area contributed by atoms with E-state index >= 15 is 0 Å². The molecule has 1 saturated heterocycles. The summed E-state index contributed by atoms with van der Waals surface area (Å²) in [5.41, 5.74) is 0.763. The van der Waals surface area contributed by atoms with Gasteiger partial charge in [-0.15, -0.1) is 0 Å². The van der Waals surface area contributed by atoms with Crippen molar-refractivity contribution in [2.75, 3.05) is 7.05 Å². The van der Waals surface area contributed by atoms with Crippen LogP contribution >= 0.6 is 0 Å². The van der Waals surface area contributed by atoms with Crippen molar-refractivity contribution in [3.63, 3.8) is 0 Å². The van der Waals surface area contributed by atoms with Gasteiger partial charge in [0.1, 0.15) is 23.2 Å². The maximum atomic E-state index is 12.9. The monoisotopic (exact) mass is 487 g/mol. The lowest BCUT2D eigenvalue weighted by Crippen LogP contribution is -2.54. The van der Waals surface area contributed by atoms with Crippen LogP contribution in [0.5, 0.6) is 11.5 Å². The molecule has 1 fully saturated rings. The number of piperidine rings is 1. The van der Waals surface area contributed by atoms with Gasteiger partial charge in [0.25, 0.3) is 11.8 Å². The Morgan fingerprint density at radius 3 is 2.64 bits per heavy atom. The number of amides is 4. The zero-order chi connectivity index (χ0) is 25.2. The molecule has 3 heterocycles. The number of nitrogens with zero attached hydrogens (tertiary/aromatic N) is 4. The Morgan fingerprint density at radius 1 is 1.08 bits per heavy atom. The summed E-state index contributed by atoms with van der Waals surface area (Å²) in [7, 11) is 1.60. The van der Waals surface area contributed by atoms with Crippen molar-refractivity contribution in [3.8, 4) is 22.9 Å². The molecule has 0 aliphatic carbocycles. The fourth-order valence-corrected chi connectivity index (χ4v) is 4.02. The molecule has 0 radical (unpaired) electrons. The second kappa shape index (κ2) is 9.45. The van der Waals surface area contributed by atoms with E-state index in [-0.39, 0.29) is 31.0 Å². The van der Waals surface area contributed by atoms with Gasteiger partial charge in [-0.3, -0.25) is 29.4 Å². The number of imide groups is 2. The van der Waals surface area contributed by atoms with E-state index in [0.717, 1.165) is 11.0 Å². The lowest BCUT2D eigenvalue weighted by Gasteiger charge is -2.29. The predicted octanol–water partition coefficient (Wildman–Crippen LogP) is 2.02. The molecule has 2 aromatic carbocycles. The number of nitrogens with one attached hydrogen (secondary N) is 1. The molecular formula is C25H21N5O6. The molecule has 1 unspecified atom stereocenters. The molecule has 0 bridgehead atoms. The third-order valence-electron chi connectivity index (χ3n) is 5.78. The third-order valence-corrected chi connectivity index (χ3v) is 5.78. The molecule has 2 aliphatic rings. The minimum atomic E-state index is -1.02. The standard InChI is InChI=1S/C25H21N5O6/c1-29(19-13-22(32)30(25(19)34)18-10-11-20(31)26-24(18)33)14-21-27-23(28-36-21)15-6-5-9-17(12-15)35-16-7-3-2-4-8-16/h2-9,12-13,18H,10-11,14H2,1H3,(H,26,31,33). The van der Waals surface area contributed by atoms with Crippen molar-refractivity contribution in [2.45, 2.75) is 25.4 Å². The van der Waals surface area contributed by atoms with Gasteiger partial charge >= 0.3 is 0 Å². The van der Waals surface area contributed by atoms with Crippen LogP contribution in [0, 0.1) is 0 Å². The van der Waals surface area contributed by atoms with E-state index in [1.54, 1.807) is 13.1 Å². The fraction of sp³-hybridized carbons (Fsp3) is 0.200. The second-order valence-corrected chi connectivity index (χ2v) is 8.32. The summed E-state index contributed by atoms with van der Waals surface area (Å²) in [6.45, 7) is 0.0568. The Kier molecular flexibility index (Phi) is 6.03. The molecule has 11 nitrogen and oxygen atoms in total. The number of aromatic nitrogens is 2. The van der Waals surface area contributed by atoms with Crippen LogP contribution in [0.1, 0.15) is 18.7 Å². The molecule has 3 aromatic rings. The molecule has 182 valence electrons. The van der Waals surface area contributed by atoms with Crippen LogP contribution in [-0.4, -0.2) is 56.7 Å². The van der Waals surface area contributed by atoms with Crippen molar-refractivity contribution >= 4 is 23.6 Å². The summed E-state index contributed by atoms with van der Waals surface area (Å²) in [4.78, 5) is 55.8. The second-order valence-electron chi connectivity index (χ2n) is 8.32. The number of ether oxygens (including phenoxy) is 1. The number of likely N-dealkylation sites (N-methyl/N-ethyl adjacent to an activating group) is 1. The summed E-state index contributed by atoms with van der Waals surface area (Å²) in [6, 6.07) is 15.6. The van der Waals surface area contributed by atoms with E-state index < -0.39 is 29.7 Å². The number of carbonyl (C=O) groups is 4. The first-order valence-electron chi connectivity index (χ1n) is 11.2. The lowest BCUT2D eigenvalue weighted by molar-refractivity contribution is -0.150. The molecule has 36 heavy (non-hydrogen) atoms. The highest BCUT2D eigenvalue weighted by Crippen LogP contribution is 2.27. The molecule has 11 heteroatoms. The molecule has 0 spiro atoms. The minimum absolute atomic E-state index is 0.0565. The summed E-state index contributed by atoms with van der Waals surface area (Å²) < 4.78 is 11.2. The first-order valence-corrected chi connectivity index (χ1v) is 11.2. The zero-order valence-electron chi connectivity index (χ0n) is 19.2. The summed E-state index contributed by atoms with van der Waals surface area (Å²) in [6.07, 6.45) is 1.31. The topological polar surface area (TPSA) is 135 Å². The molecule has 2 aliphatic heterocycles. The molecule has 1 atom stereocenters. The number of hydrogen-bond donors (Lipinski definition) is 1. The maximum absolute atomic E-state index is 12.9.